The van der Waals surface area contributed by atoms with Crippen LogP contribution in [0.15, 0.2) is 36.4 Å². The number of benzene rings is 2. The van der Waals surface area contributed by atoms with Crippen molar-refractivity contribution in [2.24, 2.45) is 0 Å². The van der Waals surface area contributed by atoms with Crippen LogP contribution in [-0.2, 0) is 0 Å². The maximum atomic E-state index is 5.26. The first-order valence-corrected chi connectivity index (χ1v) is 6.95. The predicted molar refractivity (Wildman–Crippen MR) is 79.7 cm³/mol. The van der Waals surface area contributed by atoms with E-state index in [0.29, 0.717) is 11.6 Å². The summed E-state index contributed by atoms with van der Waals surface area (Å²) in [6.45, 7) is 4.55. The summed E-state index contributed by atoms with van der Waals surface area (Å²) in [6, 6.07) is 13.3. The molecule has 2 nitrogen and oxygen atoms in total. The Hall–Kier alpha value is -1.54. The third-order valence-electron chi connectivity index (χ3n) is 4.14. The third kappa shape index (κ3) is 2.59. The Balaban J connectivity index is 1.88. The van der Waals surface area contributed by atoms with Gasteiger partial charge in [0.1, 0.15) is 5.75 Å². The average Bonchev–Trinajstić information content (AvgIpc) is 3.14. The topological polar surface area (TPSA) is 21.3 Å². The number of nitrogens with one attached hydrogen (secondary N) is 1. The third-order valence-corrected chi connectivity index (χ3v) is 4.14. The van der Waals surface area contributed by atoms with Gasteiger partial charge in [-0.1, -0.05) is 18.2 Å². The van der Waals surface area contributed by atoms with Crippen molar-refractivity contribution in [1.29, 1.82) is 0 Å². The van der Waals surface area contributed by atoms with Crippen LogP contribution >= 0.6 is 0 Å². The van der Waals surface area contributed by atoms with E-state index in [2.05, 4.69) is 49.5 Å². The van der Waals surface area contributed by atoms with Crippen LogP contribution in [0.3, 0.4) is 0 Å². The van der Waals surface area contributed by atoms with Crippen LogP contribution in [0.25, 0.3) is 10.8 Å². The first-order valence-electron chi connectivity index (χ1n) is 6.95. The van der Waals surface area contributed by atoms with Crippen LogP contribution in [0, 0.1) is 0 Å². The molecule has 1 atom stereocenters. The van der Waals surface area contributed by atoms with Gasteiger partial charge in [-0.3, -0.25) is 0 Å². The second-order valence-electron chi connectivity index (χ2n) is 5.90. The summed E-state index contributed by atoms with van der Waals surface area (Å²) in [5, 5.41) is 6.21. The van der Waals surface area contributed by atoms with Gasteiger partial charge in [0.2, 0.25) is 0 Å². The highest BCUT2D eigenvalue weighted by molar-refractivity contribution is 5.84. The maximum absolute atomic E-state index is 5.26. The molecule has 0 spiro atoms. The lowest BCUT2D eigenvalue weighted by Crippen LogP contribution is -2.30. The van der Waals surface area contributed by atoms with E-state index in [1.54, 1.807) is 7.11 Å². The van der Waals surface area contributed by atoms with Gasteiger partial charge in [-0.25, -0.2) is 0 Å². The molecular weight excluding hydrogens is 234 g/mol. The van der Waals surface area contributed by atoms with E-state index in [1.807, 2.05) is 6.07 Å². The summed E-state index contributed by atoms with van der Waals surface area (Å²) < 4.78 is 5.26. The lowest BCUT2D eigenvalue weighted by molar-refractivity contribution is 0.415. The highest BCUT2D eigenvalue weighted by Gasteiger charge is 2.38. The van der Waals surface area contributed by atoms with Crippen molar-refractivity contribution in [3.05, 3.63) is 42.0 Å². The summed E-state index contributed by atoms with van der Waals surface area (Å²) in [4.78, 5) is 0. The molecule has 3 rings (SSSR count). The monoisotopic (exact) mass is 255 g/mol. The highest BCUT2D eigenvalue weighted by atomic mass is 16.5. The number of fused-ring (bicyclic) bond motifs is 1. The molecule has 0 radical (unpaired) electrons. The van der Waals surface area contributed by atoms with Crippen molar-refractivity contribution in [2.75, 3.05) is 7.11 Å². The molecule has 2 aromatic carbocycles. The lowest BCUT2D eigenvalue weighted by Gasteiger charge is -2.20. The molecule has 100 valence electrons. The zero-order valence-corrected chi connectivity index (χ0v) is 11.9. The van der Waals surface area contributed by atoms with E-state index in [4.69, 9.17) is 4.74 Å². The predicted octanol–water partition coefficient (Wildman–Crippen LogP) is 4.05. The first kappa shape index (κ1) is 12.5. The number of hydrogen-bond donors (Lipinski definition) is 1. The van der Waals surface area contributed by atoms with E-state index < -0.39 is 0 Å². The first-order chi connectivity index (χ1) is 9.09. The molecule has 0 heterocycles. The van der Waals surface area contributed by atoms with Crippen molar-refractivity contribution >= 4 is 10.8 Å². The minimum atomic E-state index is 0.369. The number of rotatable bonds is 4. The summed E-state index contributed by atoms with van der Waals surface area (Å²) in [5.41, 5.74) is 1.72. The van der Waals surface area contributed by atoms with Gasteiger partial charge in [0.25, 0.3) is 0 Å². The van der Waals surface area contributed by atoms with Gasteiger partial charge in [-0.2, -0.15) is 0 Å². The summed E-state index contributed by atoms with van der Waals surface area (Å²) in [5.74, 6) is 0.914. The average molecular weight is 255 g/mol. The second-order valence-corrected chi connectivity index (χ2v) is 5.90. The van der Waals surface area contributed by atoms with Crippen LogP contribution in [0.5, 0.6) is 5.75 Å². The summed E-state index contributed by atoms with van der Waals surface area (Å²) in [7, 11) is 1.71. The highest BCUT2D eigenvalue weighted by Crippen LogP contribution is 2.37. The molecule has 1 saturated carbocycles. The zero-order valence-electron chi connectivity index (χ0n) is 11.9. The fourth-order valence-corrected chi connectivity index (χ4v) is 2.58. The molecule has 1 aliphatic rings. The molecule has 1 aliphatic carbocycles. The van der Waals surface area contributed by atoms with Crippen LogP contribution < -0.4 is 10.1 Å². The Bertz CT molecular complexity index is 601. The summed E-state index contributed by atoms with van der Waals surface area (Å²) in [6.07, 6.45) is 2.59. The van der Waals surface area contributed by atoms with Gasteiger partial charge in [-0.05, 0) is 61.2 Å². The van der Waals surface area contributed by atoms with Gasteiger partial charge in [0, 0.05) is 11.6 Å². The van der Waals surface area contributed by atoms with E-state index in [9.17, 15) is 0 Å². The molecule has 19 heavy (non-hydrogen) atoms. The molecule has 1 fully saturated rings. The molecule has 1 unspecified atom stereocenters. The van der Waals surface area contributed by atoms with Crippen molar-refractivity contribution in [1.82, 2.24) is 5.32 Å². The molecule has 1 N–H and O–H groups in total. The van der Waals surface area contributed by atoms with Gasteiger partial charge < -0.3 is 10.1 Å². The van der Waals surface area contributed by atoms with Crippen molar-refractivity contribution in [3.8, 4) is 5.75 Å². The molecule has 0 amide bonds. The molecule has 0 bridgehead atoms. The summed E-state index contributed by atoms with van der Waals surface area (Å²) >= 11 is 0. The van der Waals surface area contributed by atoms with E-state index >= 15 is 0 Å². The maximum Gasteiger partial charge on any atom is 0.119 e. The van der Waals surface area contributed by atoms with Crippen LogP contribution in [0.2, 0.25) is 0 Å². The van der Waals surface area contributed by atoms with Gasteiger partial charge in [-0.15, -0.1) is 0 Å². The number of ether oxygens (including phenoxy) is 1. The van der Waals surface area contributed by atoms with Crippen LogP contribution in [0.4, 0.5) is 0 Å². The van der Waals surface area contributed by atoms with Crippen molar-refractivity contribution in [2.45, 2.75) is 38.3 Å². The van der Waals surface area contributed by atoms with Gasteiger partial charge >= 0.3 is 0 Å². The van der Waals surface area contributed by atoms with E-state index in [-0.39, 0.29) is 0 Å². The Labute approximate surface area is 114 Å². The fourth-order valence-electron chi connectivity index (χ4n) is 2.58. The Kier molecular flexibility index (Phi) is 2.98. The quantitative estimate of drug-likeness (QED) is 0.890. The Morgan fingerprint density at radius 1 is 1.11 bits per heavy atom. The Morgan fingerprint density at radius 3 is 2.47 bits per heavy atom. The number of methoxy groups -OCH3 is 1. The molecule has 0 aliphatic heterocycles. The van der Waals surface area contributed by atoms with Crippen molar-refractivity contribution < 1.29 is 4.74 Å². The van der Waals surface area contributed by atoms with Crippen LogP contribution in [-0.4, -0.2) is 12.6 Å². The molecule has 0 saturated heterocycles. The smallest absolute Gasteiger partial charge is 0.119 e. The largest absolute Gasteiger partial charge is 0.497 e. The van der Waals surface area contributed by atoms with Crippen LogP contribution in [0.1, 0.15) is 38.3 Å². The molecular formula is C17H21NO. The molecule has 2 heteroatoms. The normalized spacial score (nSPS) is 18.3. The standard InChI is InChI=1S/C17H21NO/c1-12(18-17(2)8-9-17)13-4-5-15-11-16(19-3)7-6-14(15)10-13/h4-7,10-12,18H,8-9H2,1-3H3. The lowest BCUT2D eigenvalue weighted by atomic mass is 10.0. The van der Waals surface area contributed by atoms with E-state index in [1.165, 1.54) is 29.2 Å². The van der Waals surface area contributed by atoms with Crippen molar-refractivity contribution in [3.63, 3.8) is 0 Å². The molecule has 0 aromatic heterocycles. The second kappa shape index (κ2) is 4.53. The fraction of sp³-hybridized carbons (Fsp3) is 0.412. The van der Waals surface area contributed by atoms with Gasteiger partial charge in [0.05, 0.1) is 7.11 Å². The zero-order chi connectivity index (χ0) is 13.5. The Morgan fingerprint density at radius 2 is 1.79 bits per heavy atom. The number of hydrogen-bond acceptors (Lipinski definition) is 2. The van der Waals surface area contributed by atoms with Gasteiger partial charge in [0.15, 0.2) is 0 Å². The molecule has 2 aromatic rings. The van der Waals surface area contributed by atoms with E-state index in [0.717, 1.165) is 5.75 Å². The minimum Gasteiger partial charge on any atom is -0.497 e. The SMILES string of the molecule is COc1ccc2cc(C(C)NC3(C)CC3)ccc2c1. The minimum absolute atomic E-state index is 0.369.